The normalized spacial score (nSPS) is 15.0. The Kier molecular flexibility index (Phi) is 5.23. The molecule has 1 saturated carbocycles. The molecule has 0 spiro atoms. The van der Waals surface area contributed by atoms with E-state index in [0.29, 0.717) is 17.5 Å². The number of amides is 1. The van der Waals surface area contributed by atoms with E-state index in [-0.39, 0.29) is 17.7 Å². The van der Waals surface area contributed by atoms with Gasteiger partial charge in [0.15, 0.2) is 0 Å². The van der Waals surface area contributed by atoms with Crippen molar-refractivity contribution in [3.05, 3.63) is 52.5 Å². The second-order valence-corrected chi connectivity index (χ2v) is 8.41. The second kappa shape index (κ2) is 7.81. The Morgan fingerprint density at radius 2 is 2.00 bits per heavy atom. The van der Waals surface area contributed by atoms with E-state index in [1.165, 1.54) is 11.3 Å². The Morgan fingerprint density at radius 1 is 1.21 bits per heavy atom. The first-order valence-corrected chi connectivity index (χ1v) is 10.2. The van der Waals surface area contributed by atoms with Gasteiger partial charge in [0, 0.05) is 47.2 Å². The maximum Gasteiger partial charge on any atom is 0.222 e. The molecule has 0 saturated heterocycles. The van der Waals surface area contributed by atoms with Gasteiger partial charge in [0.25, 0.3) is 0 Å². The van der Waals surface area contributed by atoms with Crippen molar-refractivity contribution in [2.45, 2.75) is 31.1 Å². The van der Waals surface area contributed by atoms with Crippen molar-refractivity contribution in [1.82, 2.24) is 19.9 Å². The first-order valence-electron chi connectivity index (χ1n) is 8.96. The number of hydrogen-bond acceptors (Lipinski definition) is 7. The zero-order valence-corrected chi connectivity index (χ0v) is 16.6. The lowest BCUT2D eigenvalue weighted by atomic mass is 9.66. The minimum atomic E-state index is -0.371. The molecule has 3 aromatic heterocycles. The third kappa shape index (κ3) is 3.83. The monoisotopic (exact) mass is 414 g/mol. The number of nitrogens with zero attached hydrogens (tertiary/aromatic N) is 4. The van der Waals surface area contributed by atoms with Gasteiger partial charge in [-0.25, -0.2) is 15.0 Å². The highest BCUT2D eigenvalue weighted by Crippen LogP contribution is 2.45. The molecular weight excluding hydrogens is 396 g/mol. The molecule has 3 aromatic rings. The number of primary amides is 1. The van der Waals surface area contributed by atoms with Gasteiger partial charge in [0.2, 0.25) is 11.9 Å². The van der Waals surface area contributed by atoms with Crippen molar-refractivity contribution in [1.29, 1.82) is 0 Å². The molecule has 3 N–H and O–H groups in total. The quantitative estimate of drug-likeness (QED) is 0.614. The summed E-state index contributed by atoms with van der Waals surface area (Å²) < 4.78 is 0. The van der Waals surface area contributed by atoms with Crippen molar-refractivity contribution in [3.63, 3.8) is 0 Å². The molecule has 7 nitrogen and oxygen atoms in total. The summed E-state index contributed by atoms with van der Waals surface area (Å²) in [6.07, 6.45) is 10.3. The minimum absolute atomic E-state index is 0.0701. The molecule has 0 atom stereocenters. The highest BCUT2D eigenvalue weighted by molar-refractivity contribution is 7.15. The molecule has 1 fully saturated rings. The summed E-state index contributed by atoms with van der Waals surface area (Å²) in [7, 11) is 0. The highest BCUT2D eigenvalue weighted by atomic mass is 35.5. The van der Waals surface area contributed by atoms with Crippen LogP contribution in [0.3, 0.4) is 0 Å². The van der Waals surface area contributed by atoms with Crippen molar-refractivity contribution >= 4 is 34.8 Å². The largest absolute Gasteiger partial charge is 0.369 e. The van der Waals surface area contributed by atoms with E-state index in [9.17, 15) is 4.79 Å². The molecular formula is C19H19ClN6OS. The predicted molar refractivity (Wildman–Crippen MR) is 109 cm³/mol. The summed E-state index contributed by atoms with van der Waals surface area (Å²) >= 11 is 7.78. The number of aromatic nitrogens is 4. The highest BCUT2D eigenvalue weighted by Gasteiger charge is 2.41. The summed E-state index contributed by atoms with van der Waals surface area (Å²) in [5.41, 5.74) is 6.90. The average molecular weight is 415 g/mol. The van der Waals surface area contributed by atoms with Crippen LogP contribution in [0.2, 0.25) is 5.02 Å². The molecule has 0 radical (unpaired) electrons. The first-order chi connectivity index (χ1) is 13.6. The third-order valence-electron chi connectivity index (χ3n) is 4.96. The first kappa shape index (κ1) is 18.8. The third-order valence-corrected chi connectivity index (χ3v) is 6.31. The zero-order chi connectivity index (χ0) is 19.6. The Bertz CT molecular complexity index is 986. The van der Waals surface area contributed by atoms with Gasteiger partial charge in [0.05, 0.1) is 17.1 Å². The van der Waals surface area contributed by atoms with Crippen LogP contribution in [0.4, 0.5) is 5.95 Å². The Morgan fingerprint density at radius 3 is 2.64 bits per heavy atom. The fraction of sp³-hybridized carbons (Fsp3) is 0.316. The van der Waals surface area contributed by atoms with Crippen LogP contribution < -0.4 is 11.1 Å². The topological polar surface area (TPSA) is 107 Å². The molecule has 9 heteroatoms. The van der Waals surface area contributed by atoms with Crippen LogP contribution in [0.15, 0.2) is 36.9 Å². The van der Waals surface area contributed by atoms with Gasteiger partial charge in [-0.2, -0.15) is 0 Å². The van der Waals surface area contributed by atoms with Crippen LogP contribution >= 0.6 is 22.9 Å². The van der Waals surface area contributed by atoms with Crippen molar-refractivity contribution < 1.29 is 4.79 Å². The Labute approximate surface area is 171 Å². The maximum absolute atomic E-state index is 11.0. The van der Waals surface area contributed by atoms with Crippen molar-refractivity contribution in [2.75, 3.05) is 11.9 Å². The standard InChI is InChI=1S/C19H19ClN6OS/c20-14-3-1-6-22-16(14)19(4-2-5-19)11-26-18-24-8-12(9-25-18)17-23-10-13(28-17)7-15(21)27/h1,3,6,8-10H,2,4-5,7,11H2,(H2,21,27)(H,24,25,26). The van der Waals surface area contributed by atoms with Gasteiger partial charge in [0.1, 0.15) is 5.01 Å². The molecule has 0 aromatic carbocycles. The van der Waals surface area contributed by atoms with Gasteiger partial charge in [-0.3, -0.25) is 9.78 Å². The Hall–Kier alpha value is -2.58. The summed E-state index contributed by atoms with van der Waals surface area (Å²) in [5, 5.41) is 4.79. The summed E-state index contributed by atoms with van der Waals surface area (Å²) in [5.74, 6) is 0.180. The van der Waals surface area contributed by atoms with Gasteiger partial charge in [-0.1, -0.05) is 18.0 Å². The molecule has 3 heterocycles. The van der Waals surface area contributed by atoms with Gasteiger partial charge in [-0.05, 0) is 25.0 Å². The molecule has 1 amide bonds. The van der Waals surface area contributed by atoms with Gasteiger partial charge in [-0.15, -0.1) is 11.3 Å². The van der Waals surface area contributed by atoms with Crippen LogP contribution in [0.1, 0.15) is 29.8 Å². The number of carbonyl (C=O) groups excluding carboxylic acids is 1. The second-order valence-electron chi connectivity index (χ2n) is 6.89. The number of anilines is 1. The van der Waals surface area contributed by atoms with E-state index in [2.05, 4.69) is 25.3 Å². The zero-order valence-electron chi connectivity index (χ0n) is 15.1. The fourth-order valence-electron chi connectivity index (χ4n) is 3.35. The number of nitrogens with two attached hydrogens (primary N) is 1. The van der Waals surface area contributed by atoms with Gasteiger partial charge < -0.3 is 11.1 Å². The molecule has 28 heavy (non-hydrogen) atoms. The smallest absolute Gasteiger partial charge is 0.222 e. The minimum Gasteiger partial charge on any atom is -0.369 e. The molecule has 1 aliphatic rings. The van der Waals surface area contributed by atoms with Crippen LogP contribution in [0.25, 0.3) is 10.6 Å². The lowest BCUT2D eigenvalue weighted by Gasteiger charge is -2.41. The SMILES string of the molecule is NC(=O)Cc1cnc(-c2cnc(NCC3(c4ncccc4Cl)CCC3)nc2)s1. The number of halogens is 1. The van der Waals surface area contributed by atoms with Gasteiger partial charge >= 0.3 is 0 Å². The number of pyridine rings is 1. The van der Waals surface area contributed by atoms with E-state index < -0.39 is 0 Å². The van der Waals surface area contributed by atoms with E-state index in [0.717, 1.165) is 40.4 Å². The van der Waals surface area contributed by atoms with E-state index >= 15 is 0 Å². The molecule has 0 aliphatic heterocycles. The molecule has 0 bridgehead atoms. The summed E-state index contributed by atoms with van der Waals surface area (Å²) in [6, 6.07) is 3.73. The van der Waals surface area contributed by atoms with E-state index in [4.69, 9.17) is 17.3 Å². The Balaban J connectivity index is 1.44. The lowest BCUT2D eigenvalue weighted by molar-refractivity contribution is -0.117. The number of nitrogens with one attached hydrogen (secondary N) is 1. The van der Waals surface area contributed by atoms with Crippen molar-refractivity contribution in [2.24, 2.45) is 5.73 Å². The predicted octanol–water partition coefficient (Wildman–Crippen LogP) is 3.21. The molecule has 1 aliphatic carbocycles. The maximum atomic E-state index is 11.0. The van der Waals surface area contributed by atoms with Crippen LogP contribution in [-0.4, -0.2) is 32.4 Å². The number of carbonyl (C=O) groups is 1. The number of thiazole rings is 1. The number of hydrogen-bond donors (Lipinski definition) is 2. The molecule has 0 unspecified atom stereocenters. The summed E-state index contributed by atoms with van der Waals surface area (Å²) in [4.78, 5) is 29.5. The lowest BCUT2D eigenvalue weighted by Crippen LogP contribution is -2.42. The van der Waals surface area contributed by atoms with Crippen molar-refractivity contribution in [3.8, 4) is 10.6 Å². The van der Waals surface area contributed by atoms with Crippen LogP contribution in [0.5, 0.6) is 0 Å². The average Bonchev–Trinajstić information content (AvgIpc) is 3.10. The van der Waals surface area contributed by atoms with Crippen LogP contribution in [-0.2, 0) is 16.6 Å². The molecule has 144 valence electrons. The van der Waals surface area contributed by atoms with E-state index in [1.54, 1.807) is 24.8 Å². The van der Waals surface area contributed by atoms with E-state index in [1.807, 2.05) is 12.1 Å². The summed E-state index contributed by atoms with van der Waals surface area (Å²) in [6.45, 7) is 0.684. The fourth-order valence-corrected chi connectivity index (χ4v) is 4.57. The molecule has 4 rings (SSSR count). The van der Waals surface area contributed by atoms with Crippen LogP contribution in [0, 0.1) is 0 Å². The number of rotatable bonds is 7.